The minimum atomic E-state index is -0.0587. The van der Waals surface area contributed by atoms with Crippen LogP contribution in [0.15, 0.2) is 36.5 Å². The van der Waals surface area contributed by atoms with E-state index in [0.29, 0.717) is 19.0 Å². The van der Waals surface area contributed by atoms with E-state index in [2.05, 4.69) is 41.2 Å². The number of anilines is 1. The molecule has 2 aromatic rings. The van der Waals surface area contributed by atoms with Crippen molar-refractivity contribution in [2.45, 2.75) is 45.7 Å². The maximum absolute atomic E-state index is 12.2. The summed E-state index contributed by atoms with van der Waals surface area (Å²) in [6.07, 6.45) is 4.00. The van der Waals surface area contributed by atoms with Gasteiger partial charge in [0.15, 0.2) is 0 Å². The van der Waals surface area contributed by atoms with Crippen LogP contribution in [0, 0.1) is 5.41 Å². The highest BCUT2D eigenvalue weighted by atomic mass is 16.5. The molecule has 0 saturated heterocycles. The van der Waals surface area contributed by atoms with Gasteiger partial charge in [0.2, 0.25) is 11.9 Å². The van der Waals surface area contributed by atoms with E-state index in [-0.39, 0.29) is 17.4 Å². The largest absolute Gasteiger partial charge is 0.384 e. The van der Waals surface area contributed by atoms with E-state index in [0.717, 1.165) is 30.6 Å². The van der Waals surface area contributed by atoms with Gasteiger partial charge in [0.25, 0.3) is 0 Å². The van der Waals surface area contributed by atoms with Crippen molar-refractivity contribution in [2.75, 3.05) is 25.7 Å². The Hall–Kier alpha value is -2.47. The monoisotopic (exact) mass is 382 g/mol. The Labute approximate surface area is 167 Å². The summed E-state index contributed by atoms with van der Waals surface area (Å²) < 4.78 is 5.01. The predicted molar refractivity (Wildman–Crippen MR) is 110 cm³/mol. The van der Waals surface area contributed by atoms with Crippen molar-refractivity contribution in [3.05, 3.63) is 53.3 Å². The second-order valence-corrected chi connectivity index (χ2v) is 8.32. The van der Waals surface area contributed by atoms with Crippen LogP contribution in [0.4, 0.5) is 5.95 Å². The van der Waals surface area contributed by atoms with Gasteiger partial charge in [-0.25, -0.2) is 9.97 Å². The maximum atomic E-state index is 12.2. The van der Waals surface area contributed by atoms with Crippen LogP contribution in [-0.2, 0) is 22.5 Å². The number of nitrogens with one attached hydrogen (secondary N) is 1. The number of rotatable bonds is 7. The van der Waals surface area contributed by atoms with Crippen LogP contribution >= 0.6 is 0 Å². The third-order valence-corrected chi connectivity index (χ3v) is 5.14. The summed E-state index contributed by atoms with van der Waals surface area (Å²) in [4.78, 5) is 23.7. The number of benzene rings is 1. The summed E-state index contributed by atoms with van der Waals surface area (Å²) in [5, 5.41) is 3.14. The van der Waals surface area contributed by atoms with Crippen LogP contribution in [0.1, 0.15) is 49.6 Å². The number of ether oxygens (including phenoxy) is 1. The Morgan fingerprint density at radius 2 is 2.07 bits per heavy atom. The highest BCUT2D eigenvalue weighted by Crippen LogP contribution is 2.40. The van der Waals surface area contributed by atoms with Gasteiger partial charge in [-0.1, -0.05) is 44.2 Å². The lowest BCUT2D eigenvalue weighted by atomic mass is 9.74. The Morgan fingerprint density at radius 1 is 1.32 bits per heavy atom. The molecular weight excluding hydrogens is 352 g/mol. The predicted octanol–water partition coefficient (Wildman–Crippen LogP) is 3.28. The molecule has 1 atom stereocenters. The summed E-state index contributed by atoms with van der Waals surface area (Å²) in [6, 6.07) is 10.2. The van der Waals surface area contributed by atoms with Crippen LogP contribution in [0.5, 0.6) is 0 Å². The number of amides is 1. The Morgan fingerprint density at radius 3 is 2.79 bits per heavy atom. The molecule has 6 nitrogen and oxygen atoms in total. The molecule has 28 heavy (non-hydrogen) atoms. The van der Waals surface area contributed by atoms with Crippen molar-refractivity contribution in [1.82, 2.24) is 15.3 Å². The van der Waals surface area contributed by atoms with Gasteiger partial charge < -0.3 is 15.0 Å². The second kappa shape index (κ2) is 8.69. The molecule has 1 N–H and O–H groups in total. The molecule has 0 fully saturated rings. The number of fused-ring (bicyclic) bond motifs is 1. The molecule has 0 saturated carbocycles. The van der Waals surface area contributed by atoms with E-state index in [4.69, 9.17) is 9.72 Å². The first-order chi connectivity index (χ1) is 13.4. The van der Waals surface area contributed by atoms with E-state index in [9.17, 15) is 4.79 Å². The van der Waals surface area contributed by atoms with Gasteiger partial charge >= 0.3 is 0 Å². The first-order valence-corrected chi connectivity index (χ1v) is 9.77. The molecule has 3 rings (SSSR count). The molecule has 1 unspecified atom stereocenters. The SMILES string of the molecule is COCCC(=O)NC1CC(C)(C)Cc2nc(N(C)Cc3ccccc3)ncc21. The first kappa shape index (κ1) is 20.3. The Bertz CT molecular complexity index is 807. The fourth-order valence-corrected chi connectivity index (χ4v) is 3.74. The highest BCUT2D eigenvalue weighted by Gasteiger charge is 2.34. The number of hydrogen-bond donors (Lipinski definition) is 1. The molecule has 1 aliphatic rings. The Balaban J connectivity index is 1.79. The summed E-state index contributed by atoms with van der Waals surface area (Å²) in [5.41, 5.74) is 3.34. The molecule has 1 heterocycles. The summed E-state index contributed by atoms with van der Waals surface area (Å²) in [6.45, 7) is 5.62. The highest BCUT2D eigenvalue weighted by molar-refractivity contribution is 5.76. The molecular formula is C22H30N4O2. The van der Waals surface area contributed by atoms with E-state index in [1.165, 1.54) is 5.56 Å². The molecule has 1 aromatic carbocycles. The summed E-state index contributed by atoms with van der Waals surface area (Å²) in [5.74, 6) is 0.713. The molecule has 6 heteroatoms. The third-order valence-electron chi connectivity index (χ3n) is 5.14. The quantitative estimate of drug-likeness (QED) is 0.796. The average molecular weight is 383 g/mol. The molecule has 150 valence electrons. The zero-order valence-corrected chi connectivity index (χ0v) is 17.2. The van der Waals surface area contributed by atoms with Gasteiger partial charge in [-0.2, -0.15) is 0 Å². The van der Waals surface area contributed by atoms with Crippen LogP contribution < -0.4 is 10.2 Å². The van der Waals surface area contributed by atoms with Gasteiger partial charge in [0, 0.05) is 38.9 Å². The fraction of sp³-hybridized carbons (Fsp3) is 0.500. The molecule has 0 bridgehead atoms. The van der Waals surface area contributed by atoms with Crippen molar-refractivity contribution in [3.8, 4) is 0 Å². The molecule has 0 radical (unpaired) electrons. The molecule has 0 spiro atoms. The van der Waals surface area contributed by atoms with Gasteiger partial charge in [-0.15, -0.1) is 0 Å². The van der Waals surface area contributed by atoms with E-state index in [1.54, 1.807) is 7.11 Å². The Kier molecular flexibility index (Phi) is 6.29. The number of methoxy groups -OCH3 is 1. The van der Waals surface area contributed by atoms with Crippen molar-refractivity contribution >= 4 is 11.9 Å². The van der Waals surface area contributed by atoms with Crippen LogP contribution in [-0.4, -0.2) is 36.6 Å². The zero-order valence-electron chi connectivity index (χ0n) is 17.2. The zero-order chi connectivity index (χ0) is 20.1. The topological polar surface area (TPSA) is 67.3 Å². The summed E-state index contributed by atoms with van der Waals surface area (Å²) in [7, 11) is 3.61. The third kappa shape index (κ3) is 5.07. The standard InChI is InChI=1S/C22H30N4O2/c1-22(2)12-18(24-20(27)10-11-28-4)17-14-23-21(25-19(17)13-22)26(3)15-16-8-6-5-7-9-16/h5-9,14,18H,10-13,15H2,1-4H3,(H,24,27). The number of nitrogens with zero attached hydrogens (tertiary/aromatic N) is 3. The van der Waals surface area contributed by atoms with E-state index in [1.807, 2.05) is 31.4 Å². The van der Waals surface area contributed by atoms with Crippen LogP contribution in [0.3, 0.4) is 0 Å². The number of hydrogen-bond acceptors (Lipinski definition) is 5. The van der Waals surface area contributed by atoms with Gasteiger partial charge in [0.1, 0.15) is 0 Å². The second-order valence-electron chi connectivity index (χ2n) is 8.32. The van der Waals surface area contributed by atoms with Crippen LogP contribution in [0.25, 0.3) is 0 Å². The van der Waals surface area contributed by atoms with Crippen molar-refractivity contribution < 1.29 is 9.53 Å². The van der Waals surface area contributed by atoms with Crippen molar-refractivity contribution in [1.29, 1.82) is 0 Å². The van der Waals surface area contributed by atoms with Gasteiger partial charge in [0.05, 0.1) is 18.3 Å². The minimum absolute atomic E-state index is 0.000715. The lowest BCUT2D eigenvalue weighted by molar-refractivity contribution is -0.123. The first-order valence-electron chi connectivity index (χ1n) is 9.77. The van der Waals surface area contributed by atoms with Crippen LogP contribution in [0.2, 0.25) is 0 Å². The van der Waals surface area contributed by atoms with Crippen molar-refractivity contribution in [3.63, 3.8) is 0 Å². The molecule has 1 aliphatic carbocycles. The van der Waals surface area contributed by atoms with Gasteiger partial charge in [-0.05, 0) is 23.8 Å². The van der Waals surface area contributed by atoms with E-state index < -0.39 is 0 Å². The molecule has 1 amide bonds. The van der Waals surface area contributed by atoms with Crippen molar-refractivity contribution in [2.24, 2.45) is 5.41 Å². The van der Waals surface area contributed by atoms with E-state index >= 15 is 0 Å². The number of aromatic nitrogens is 2. The lowest BCUT2D eigenvalue weighted by Gasteiger charge is -2.36. The molecule has 0 aliphatic heterocycles. The normalized spacial score (nSPS) is 17.6. The van der Waals surface area contributed by atoms with Gasteiger partial charge in [-0.3, -0.25) is 4.79 Å². The average Bonchev–Trinajstić information content (AvgIpc) is 2.65. The lowest BCUT2D eigenvalue weighted by Crippen LogP contribution is -2.37. The minimum Gasteiger partial charge on any atom is -0.384 e. The number of carbonyl (C=O) groups is 1. The molecule has 1 aromatic heterocycles. The summed E-state index contributed by atoms with van der Waals surface area (Å²) >= 11 is 0. The number of carbonyl (C=O) groups excluding carboxylic acids is 1. The fourth-order valence-electron chi connectivity index (χ4n) is 3.74. The maximum Gasteiger partial charge on any atom is 0.225 e. The smallest absolute Gasteiger partial charge is 0.225 e.